The van der Waals surface area contributed by atoms with E-state index >= 15 is 0 Å². The molecule has 2 aromatic rings. The van der Waals surface area contributed by atoms with Crippen molar-refractivity contribution in [3.8, 4) is 5.69 Å². The average molecular weight is 458 g/mol. The number of hydrogen-bond acceptors (Lipinski definition) is 6. The van der Waals surface area contributed by atoms with Gasteiger partial charge in [0, 0.05) is 43.7 Å². The van der Waals surface area contributed by atoms with Crippen LogP contribution in [0.2, 0.25) is 0 Å². The fraction of sp³-hybridized carbons (Fsp3) is 0.478. The maximum atomic E-state index is 12.8. The van der Waals surface area contributed by atoms with E-state index in [1.54, 1.807) is 19.3 Å². The van der Waals surface area contributed by atoms with Crippen LogP contribution in [0.15, 0.2) is 52.3 Å². The summed E-state index contributed by atoms with van der Waals surface area (Å²) in [5, 5.41) is 6.76. The van der Waals surface area contributed by atoms with Gasteiger partial charge in [0.2, 0.25) is 11.8 Å². The van der Waals surface area contributed by atoms with E-state index in [0.717, 1.165) is 43.7 Å². The highest BCUT2D eigenvalue weighted by atomic mass is 32.2. The number of aromatic nitrogens is 2. The molecule has 1 atom stereocenters. The van der Waals surface area contributed by atoms with Crippen LogP contribution in [0, 0.1) is 5.92 Å². The Balaban J connectivity index is 1.46. The monoisotopic (exact) mass is 457 g/mol. The number of benzene rings is 1. The van der Waals surface area contributed by atoms with Gasteiger partial charge in [-0.25, -0.2) is 4.72 Å². The van der Waals surface area contributed by atoms with Gasteiger partial charge in [-0.3, -0.25) is 14.4 Å². The molecule has 2 heterocycles. The molecule has 1 saturated heterocycles. The molecule has 2 amide bonds. The van der Waals surface area contributed by atoms with Gasteiger partial charge in [0.1, 0.15) is 0 Å². The van der Waals surface area contributed by atoms with Crippen molar-refractivity contribution in [2.45, 2.75) is 50.0 Å². The van der Waals surface area contributed by atoms with Crippen molar-refractivity contribution in [1.29, 1.82) is 0 Å². The number of rotatable bonds is 9. The van der Waals surface area contributed by atoms with Crippen LogP contribution < -0.4 is 15.6 Å². The Labute approximate surface area is 192 Å². The van der Waals surface area contributed by atoms with Crippen LogP contribution in [-0.2, 0) is 9.59 Å². The molecule has 1 aliphatic rings. The van der Waals surface area contributed by atoms with Gasteiger partial charge in [0.25, 0.3) is 5.56 Å². The van der Waals surface area contributed by atoms with E-state index in [0.29, 0.717) is 18.0 Å². The maximum absolute atomic E-state index is 12.8. The molecule has 1 aliphatic heterocycles. The van der Waals surface area contributed by atoms with E-state index in [1.807, 2.05) is 36.1 Å². The molecule has 8 nitrogen and oxygen atoms in total. The average Bonchev–Trinajstić information content (AvgIpc) is 2.83. The van der Waals surface area contributed by atoms with Crippen LogP contribution in [0.1, 0.15) is 39.0 Å². The fourth-order valence-electron chi connectivity index (χ4n) is 3.83. The van der Waals surface area contributed by atoms with E-state index in [-0.39, 0.29) is 23.4 Å². The molecule has 1 aromatic heterocycles. The fourth-order valence-corrected chi connectivity index (χ4v) is 4.57. The Hall–Kier alpha value is -2.65. The molecular weight excluding hydrogens is 426 g/mol. The number of carbonyl (C=O) groups is 2. The lowest BCUT2D eigenvalue weighted by molar-refractivity contribution is -0.133. The van der Waals surface area contributed by atoms with Gasteiger partial charge in [-0.15, -0.1) is 0 Å². The predicted molar refractivity (Wildman–Crippen MR) is 126 cm³/mol. The summed E-state index contributed by atoms with van der Waals surface area (Å²) in [6.07, 6.45) is 6.06. The molecule has 1 aromatic carbocycles. The van der Waals surface area contributed by atoms with Crippen molar-refractivity contribution in [3.63, 3.8) is 0 Å². The minimum Gasteiger partial charge on any atom is -0.359 e. The Morgan fingerprint density at radius 1 is 1.22 bits per heavy atom. The van der Waals surface area contributed by atoms with Gasteiger partial charge < -0.3 is 10.2 Å². The number of likely N-dealkylation sites (tertiary alicyclic amines) is 1. The molecule has 0 radical (unpaired) electrons. The van der Waals surface area contributed by atoms with Crippen LogP contribution in [0.3, 0.4) is 0 Å². The lowest BCUT2D eigenvalue weighted by Gasteiger charge is -2.33. The molecule has 172 valence electrons. The second kappa shape index (κ2) is 11.8. The zero-order valence-corrected chi connectivity index (χ0v) is 19.4. The van der Waals surface area contributed by atoms with Crippen LogP contribution in [0.25, 0.3) is 5.69 Å². The van der Waals surface area contributed by atoms with Crippen LogP contribution >= 0.6 is 11.9 Å². The molecule has 3 rings (SSSR count). The highest BCUT2D eigenvalue weighted by molar-refractivity contribution is 7.97. The largest absolute Gasteiger partial charge is 0.359 e. The topological polar surface area (TPSA) is 96.3 Å². The zero-order chi connectivity index (χ0) is 22.9. The zero-order valence-electron chi connectivity index (χ0n) is 18.6. The van der Waals surface area contributed by atoms with Crippen molar-refractivity contribution in [1.82, 2.24) is 24.7 Å². The number of hydrogen-bond donors (Lipinski definition) is 2. The molecule has 32 heavy (non-hydrogen) atoms. The summed E-state index contributed by atoms with van der Waals surface area (Å²) in [5.74, 6) is 0.769. The van der Waals surface area contributed by atoms with E-state index < -0.39 is 0 Å². The molecule has 0 aliphatic carbocycles. The minimum absolute atomic E-state index is 0.0904. The third kappa shape index (κ3) is 6.67. The van der Waals surface area contributed by atoms with Gasteiger partial charge in [0.15, 0.2) is 0 Å². The highest BCUT2D eigenvalue weighted by Gasteiger charge is 2.26. The quantitative estimate of drug-likeness (QED) is 0.561. The summed E-state index contributed by atoms with van der Waals surface area (Å²) in [6, 6.07) is 10.2. The normalized spacial score (nSPS) is 15.4. The van der Waals surface area contributed by atoms with E-state index in [9.17, 15) is 14.4 Å². The second-order valence-electron chi connectivity index (χ2n) is 8.05. The predicted octanol–water partition coefficient (Wildman–Crippen LogP) is 2.37. The third-order valence-corrected chi connectivity index (χ3v) is 6.68. The summed E-state index contributed by atoms with van der Waals surface area (Å²) < 4.78 is 4.57. The van der Waals surface area contributed by atoms with Crippen LogP contribution in [-0.4, -0.2) is 52.7 Å². The van der Waals surface area contributed by atoms with E-state index in [2.05, 4.69) is 15.1 Å². The van der Waals surface area contributed by atoms with Crippen LogP contribution in [0.5, 0.6) is 0 Å². The molecule has 1 fully saturated rings. The smallest absolute Gasteiger partial charge is 0.271 e. The lowest BCUT2D eigenvalue weighted by atomic mass is 9.91. The summed E-state index contributed by atoms with van der Waals surface area (Å²) in [6.45, 7) is 3.40. The SMILES string of the molecule is CNC(=O)CCCC1CCN(C(=O)C(C)NSc2cccc(-n3ncccc3=O)c2)CC1. The Morgan fingerprint density at radius 2 is 2.00 bits per heavy atom. The van der Waals surface area contributed by atoms with Gasteiger partial charge in [0.05, 0.1) is 11.7 Å². The number of nitrogens with one attached hydrogen (secondary N) is 2. The Morgan fingerprint density at radius 3 is 2.72 bits per heavy atom. The summed E-state index contributed by atoms with van der Waals surface area (Å²) in [5.41, 5.74) is 0.489. The van der Waals surface area contributed by atoms with Gasteiger partial charge in [-0.1, -0.05) is 6.07 Å². The van der Waals surface area contributed by atoms with Crippen molar-refractivity contribution in [3.05, 3.63) is 52.9 Å². The number of piperidine rings is 1. The minimum atomic E-state index is -0.328. The summed E-state index contributed by atoms with van der Waals surface area (Å²) in [7, 11) is 1.67. The van der Waals surface area contributed by atoms with Gasteiger partial charge in [-0.05, 0) is 74.7 Å². The summed E-state index contributed by atoms with van der Waals surface area (Å²) >= 11 is 1.37. The highest BCUT2D eigenvalue weighted by Crippen LogP contribution is 2.24. The first-order valence-corrected chi connectivity index (χ1v) is 11.9. The second-order valence-corrected chi connectivity index (χ2v) is 8.96. The van der Waals surface area contributed by atoms with Gasteiger partial charge in [-0.2, -0.15) is 9.78 Å². The lowest BCUT2D eigenvalue weighted by Crippen LogP contribution is -2.46. The van der Waals surface area contributed by atoms with E-state index in [4.69, 9.17) is 0 Å². The number of carbonyl (C=O) groups excluding carboxylic acids is 2. The Bertz CT molecular complexity index is 972. The first-order chi connectivity index (χ1) is 15.5. The van der Waals surface area contributed by atoms with Crippen molar-refractivity contribution >= 4 is 23.8 Å². The number of nitrogens with zero attached hydrogens (tertiary/aromatic N) is 3. The van der Waals surface area contributed by atoms with Crippen molar-refractivity contribution in [2.75, 3.05) is 20.1 Å². The maximum Gasteiger partial charge on any atom is 0.271 e. The molecule has 0 saturated carbocycles. The van der Waals surface area contributed by atoms with E-state index in [1.165, 1.54) is 22.7 Å². The standard InChI is InChI=1S/C23H31N5O3S/c1-17(23(31)27-14-11-18(12-15-27)6-3-9-21(29)24-2)26-32-20-8-4-7-19(16-20)28-22(30)10-5-13-25-28/h4-5,7-8,10,13,16-18,26H,3,6,9,11-12,14-15H2,1-2H3,(H,24,29). The molecule has 9 heteroatoms. The molecule has 2 N–H and O–H groups in total. The molecule has 0 spiro atoms. The Kier molecular flexibility index (Phi) is 8.87. The third-order valence-electron chi connectivity index (χ3n) is 5.72. The molecule has 0 bridgehead atoms. The molecule has 1 unspecified atom stereocenters. The first kappa shape index (κ1) is 24.0. The first-order valence-electron chi connectivity index (χ1n) is 11.0. The van der Waals surface area contributed by atoms with Crippen molar-refractivity contribution in [2.24, 2.45) is 5.92 Å². The molecular formula is C23H31N5O3S. The van der Waals surface area contributed by atoms with Crippen molar-refractivity contribution < 1.29 is 9.59 Å². The number of amides is 2. The summed E-state index contributed by atoms with van der Waals surface area (Å²) in [4.78, 5) is 39.0. The van der Waals surface area contributed by atoms with Crippen LogP contribution in [0.4, 0.5) is 0 Å². The van der Waals surface area contributed by atoms with Gasteiger partial charge >= 0.3 is 0 Å².